The number of rotatable bonds is 4. The van der Waals surface area contributed by atoms with Crippen LogP contribution in [0, 0.1) is 5.82 Å². The van der Waals surface area contributed by atoms with Gasteiger partial charge in [-0.05, 0) is 29.8 Å². The smallest absolute Gasteiger partial charge is 0.221 e. The highest BCUT2D eigenvalue weighted by Gasteiger charge is 2.00. The standard InChI is InChI=1S/C15H15FN2O/c1-11(19)18-13-8-6-12(7-9-13)10-17-15-5-3-2-4-14(15)16/h2-9,17H,10H2,1H3,(H,18,19). The van der Waals surface area contributed by atoms with Gasteiger partial charge in [0, 0.05) is 19.2 Å². The fourth-order valence-electron chi connectivity index (χ4n) is 1.71. The van der Waals surface area contributed by atoms with Crippen molar-refractivity contribution in [1.29, 1.82) is 0 Å². The van der Waals surface area contributed by atoms with Crippen molar-refractivity contribution in [3.8, 4) is 0 Å². The van der Waals surface area contributed by atoms with Crippen molar-refractivity contribution in [3.63, 3.8) is 0 Å². The Morgan fingerprint density at radius 1 is 1.11 bits per heavy atom. The highest BCUT2D eigenvalue weighted by atomic mass is 19.1. The highest BCUT2D eigenvalue weighted by molar-refractivity contribution is 5.88. The fourth-order valence-corrected chi connectivity index (χ4v) is 1.71. The van der Waals surface area contributed by atoms with Gasteiger partial charge in [0.25, 0.3) is 0 Å². The second kappa shape index (κ2) is 6.00. The molecule has 0 atom stereocenters. The van der Waals surface area contributed by atoms with E-state index in [1.807, 2.05) is 24.3 Å². The summed E-state index contributed by atoms with van der Waals surface area (Å²) in [5.41, 5.74) is 2.24. The summed E-state index contributed by atoms with van der Waals surface area (Å²) in [6, 6.07) is 14.0. The van der Waals surface area contributed by atoms with Gasteiger partial charge >= 0.3 is 0 Å². The van der Waals surface area contributed by atoms with Gasteiger partial charge < -0.3 is 10.6 Å². The topological polar surface area (TPSA) is 41.1 Å². The molecule has 0 aliphatic carbocycles. The Kier molecular flexibility index (Phi) is 4.13. The van der Waals surface area contributed by atoms with Crippen LogP contribution in [0.1, 0.15) is 12.5 Å². The number of halogens is 1. The lowest BCUT2D eigenvalue weighted by Gasteiger charge is -2.08. The Hall–Kier alpha value is -2.36. The average Bonchev–Trinajstić information content (AvgIpc) is 2.39. The van der Waals surface area contributed by atoms with Crippen molar-refractivity contribution >= 4 is 17.3 Å². The summed E-state index contributed by atoms with van der Waals surface area (Å²) in [5, 5.41) is 5.72. The number of para-hydroxylation sites is 1. The maximum atomic E-state index is 13.4. The number of carbonyl (C=O) groups is 1. The second-order valence-corrected chi connectivity index (χ2v) is 4.21. The number of hydrogen-bond donors (Lipinski definition) is 2. The number of amides is 1. The molecule has 0 aromatic heterocycles. The molecule has 0 radical (unpaired) electrons. The maximum Gasteiger partial charge on any atom is 0.221 e. The minimum atomic E-state index is -0.266. The van der Waals surface area contributed by atoms with Crippen LogP contribution in [-0.4, -0.2) is 5.91 Å². The largest absolute Gasteiger partial charge is 0.379 e. The van der Waals surface area contributed by atoms with E-state index < -0.39 is 0 Å². The Morgan fingerprint density at radius 3 is 2.42 bits per heavy atom. The quantitative estimate of drug-likeness (QED) is 0.882. The zero-order valence-electron chi connectivity index (χ0n) is 10.6. The lowest BCUT2D eigenvalue weighted by molar-refractivity contribution is -0.114. The number of benzene rings is 2. The Labute approximate surface area is 111 Å². The summed E-state index contributed by atoms with van der Waals surface area (Å²) < 4.78 is 13.4. The summed E-state index contributed by atoms with van der Waals surface area (Å²) in [5.74, 6) is -0.366. The Bertz CT molecular complexity index is 567. The molecule has 2 aromatic carbocycles. The van der Waals surface area contributed by atoms with Crippen molar-refractivity contribution in [2.24, 2.45) is 0 Å². The first-order chi connectivity index (χ1) is 9.15. The van der Waals surface area contributed by atoms with E-state index in [1.165, 1.54) is 13.0 Å². The molecule has 2 aromatic rings. The van der Waals surface area contributed by atoms with Crippen LogP contribution in [-0.2, 0) is 11.3 Å². The molecule has 0 heterocycles. The maximum absolute atomic E-state index is 13.4. The monoisotopic (exact) mass is 258 g/mol. The van der Waals surface area contributed by atoms with Gasteiger partial charge in [-0.15, -0.1) is 0 Å². The van der Waals surface area contributed by atoms with Crippen molar-refractivity contribution < 1.29 is 9.18 Å². The summed E-state index contributed by atoms with van der Waals surface area (Å²) in [7, 11) is 0. The summed E-state index contributed by atoms with van der Waals surface area (Å²) in [4.78, 5) is 10.9. The molecule has 0 aliphatic heterocycles. The van der Waals surface area contributed by atoms with Gasteiger partial charge in [0.05, 0.1) is 5.69 Å². The van der Waals surface area contributed by atoms with Gasteiger partial charge in [-0.2, -0.15) is 0 Å². The predicted octanol–water partition coefficient (Wildman–Crippen LogP) is 3.40. The number of nitrogens with one attached hydrogen (secondary N) is 2. The molecule has 2 rings (SSSR count). The van der Waals surface area contributed by atoms with Crippen LogP contribution < -0.4 is 10.6 Å². The van der Waals surface area contributed by atoms with E-state index in [0.29, 0.717) is 12.2 Å². The van der Waals surface area contributed by atoms with Crippen LogP contribution in [0.2, 0.25) is 0 Å². The van der Waals surface area contributed by atoms with Crippen LogP contribution in [0.25, 0.3) is 0 Å². The summed E-state index contributed by atoms with van der Waals surface area (Å²) >= 11 is 0. The third-order valence-electron chi connectivity index (χ3n) is 2.63. The van der Waals surface area contributed by atoms with Gasteiger partial charge in [0.15, 0.2) is 0 Å². The zero-order valence-corrected chi connectivity index (χ0v) is 10.6. The molecule has 1 amide bonds. The van der Waals surface area contributed by atoms with Crippen molar-refractivity contribution in [3.05, 3.63) is 59.9 Å². The third-order valence-corrected chi connectivity index (χ3v) is 2.63. The molecule has 0 spiro atoms. The van der Waals surface area contributed by atoms with Gasteiger partial charge in [0.2, 0.25) is 5.91 Å². The van der Waals surface area contributed by atoms with E-state index in [-0.39, 0.29) is 11.7 Å². The van der Waals surface area contributed by atoms with Crippen LogP contribution in [0.4, 0.5) is 15.8 Å². The molecule has 0 saturated heterocycles. The van der Waals surface area contributed by atoms with E-state index in [2.05, 4.69) is 10.6 Å². The third kappa shape index (κ3) is 3.81. The fraction of sp³-hybridized carbons (Fsp3) is 0.133. The van der Waals surface area contributed by atoms with Gasteiger partial charge in [0.1, 0.15) is 5.82 Å². The first-order valence-corrected chi connectivity index (χ1v) is 6.00. The SMILES string of the molecule is CC(=O)Nc1ccc(CNc2ccccc2F)cc1. The molecule has 0 saturated carbocycles. The highest BCUT2D eigenvalue weighted by Crippen LogP contribution is 2.15. The molecule has 19 heavy (non-hydrogen) atoms. The van der Waals surface area contributed by atoms with Gasteiger partial charge in [-0.25, -0.2) is 4.39 Å². The molecular formula is C15H15FN2O. The minimum Gasteiger partial charge on any atom is -0.379 e. The lowest BCUT2D eigenvalue weighted by atomic mass is 10.2. The molecule has 3 nitrogen and oxygen atoms in total. The molecule has 0 fully saturated rings. The lowest BCUT2D eigenvalue weighted by Crippen LogP contribution is -2.06. The molecular weight excluding hydrogens is 243 g/mol. The van der Waals surface area contributed by atoms with Crippen molar-refractivity contribution in [2.75, 3.05) is 10.6 Å². The van der Waals surface area contributed by atoms with Crippen molar-refractivity contribution in [2.45, 2.75) is 13.5 Å². The predicted molar refractivity (Wildman–Crippen MR) is 74.5 cm³/mol. The van der Waals surface area contributed by atoms with Crippen LogP contribution >= 0.6 is 0 Å². The summed E-state index contributed by atoms with van der Waals surface area (Å²) in [6.07, 6.45) is 0. The van der Waals surface area contributed by atoms with Crippen molar-refractivity contribution in [1.82, 2.24) is 0 Å². The molecule has 4 heteroatoms. The van der Waals surface area contributed by atoms with Crippen LogP contribution in [0.5, 0.6) is 0 Å². The average molecular weight is 258 g/mol. The number of hydrogen-bond acceptors (Lipinski definition) is 2. The molecule has 0 aliphatic rings. The molecule has 98 valence electrons. The first-order valence-electron chi connectivity index (χ1n) is 6.00. The van der Waals surface area contributed by atoms with Crippen LogP contribution in [0.3, 0.4) is 0 Å². The van der Waals surface area contributed by atoms with E-state index >= 15 is 0 Å². The minimum absolute atomic E-state index is 0.0998. The summed E-state index contributed by atoms with van der Waals surface area (Å²) in [6.45, 7) is 1.99. The Balaban J connectivity index is 1.97. The molecule has 0 unspecified atom stereocenters. The van der Waals surface area contributed by atoms with E-state index in [4.69, 9.17) is 0 Å². The first kappa shape index (κ1) is 13.1. The second-order valence-electron chi connectivity index (χ2n) is 4.21. The van der Waals surface area contributed by atoms with Gasteiger partial charge in [-0.3, -0.25) is 4.79 Å². The normalized spacial score (nSPS) is 10.0. The van der Waals surface area contributed by atoms with Crippen LogP contribution in [0.15, 0.2) is 48.5 Å². The molecule has 2 N–H and O–H groups in total. The van der Waals surface area contributed by atoms with E-state index in [9.17, 15) is 9.18 Å². The zero-order chi connectivity index (χ0) is 13.7. The van der Waals surface area contributed by atoms with E-state index in [1.54, 1.807) is 18.2 Å². The number of anilines is 2. The number of carbonyl (C=O) groups excluding carboxylic acids is 1. The Morgan fingerprint density at radius 2 is 1.79 bits per heavy atom. The van der Waals surface area contributed by atoms with Gasteiger partial charge in [-0.1, -0.05) is 24.3 Å². The molecule has 0 bridgehead atoms. The van der Waals surface area contributed by atoms with E-state index in [0.717, 1.165) is 11.3 Å².